The molecule has 0 amide bonds. The highest BCUT2D eigenvalue weighted by atomic mass is 16.3. The first-order valence-electron chi connectivity index (χ1n) is 45.6. The topological polar surface area (TPSA) is 67.5 Å². The summed E-state index contributed by atoms with van der Waals surface area (Å²) in [5, 5.41) is 5.96. The molecule has 0 unspecified atom stereocenters. The van der Waals surface area contributed by atoms with Crippen LogP contribution < -0.4 is 43.9 Å². The van der Waals surface area contributed by atoms with Gasteiger partial charge in [-0.15, -0.1) is 9.36 Å². The first-order valence-corrected chi connectivity index (χ1v) is 45.6. The number of furan rings is 2. The Hall–Kier alpha value is -13.6. The number of aromatic nitrogens is 2. The van der Waals surface area contributed by atoms with E-state index in [-0.39, 0.29) is 12.3 Å². The molecule has 0 fully saturated rings. The molecule has 5 aliphatic rings. The summed E-state index contributed by atoms with van der Waals surface area (Å²) in [5.41, 5.74) is 29.7. The van der Waals surface area contributed by atoms with Gasteiger partial charge in [0, 0.05) is 132 Å². The molecule has 0 spiro atoms. The number of benzene rings is 12. The van der Waals surface area contributed by atoms with Gasteiger partial charge in [0.25, 0.3) is 0 Å². The zero-order valence-electron chi connectivity index (χ0n) is 79.1. The minimum atomic E-state index is 0.143. The van der Waals surface area contributed by atoms with Crippen molar-refractivity contribution in [1.29, 1.82) is 0 Å². The van der Waals surface area contributed by atoms with Crippen molar-refractivity contribution in [3.63, 3.8) is 0 Å². The largest absolute Gasteiger partial charge is 0.454 e. The van der Waals surface area contributed by atoms with Crippen LogP contribution in [0.25, 0.3) is 60.5 Å². The summed E-state index contributed by atoms with van der Waals surface area (Å²) in [7, 11) is 6.27. The van der Waals surface area contributed by atoms with Crippen LogP contribution in [0.2, 0.25) is 0 Å². The highest BCUT2D eigenvalue weighted by Crippen LogP contribution is 2.46. The Morgan fingerprint density at radius 3 is 0.984 bits per heavy atom. The minimum absolute atomic E-state index is 0.143. The Balaban J connectivity index is 0.000000120. The Morgan fingerprint density at radius 1 is 0.266 bits per heavy atom. The molecule has 0 bridgehead atoms. The van der Waals surface area contributed by atoms with Crippen molar-refractivity contribution in [3.05, 3.63) is 385 Å². The van der Waals surface area contributed by atoms with Gasteiger partial charge in [-0.2, -0.15) is 0 Å². The van der Waals surface area contributed by atoms with Gasteiger partial charge in [0.2, 0.25) is 6.20 Å². The van der Waals surface area contributed by atoms with E-state index in [4.69, 9.17) is 8.83 Å². The first-order chi connectivity index (χ1) is 61.7. The summed E-state index contributed by atoms with van der Waals surface area (Å²) in [6.45, 7) is 42.4. The van der Waals surface area contributed by atoms with E-state index in [1.165, 1.54) is 128 Å². The molecule has 128 heavy (non-hydrogen) atoms. The quantitative estimate of drug-likeness (QED) is 0.103. The number of fused-ring (bicyclic) bond motifs is 7. The summed E-state index contributed by atoms with van der Waals surface area (Å²) in [6, 6.07) is 91.8. The van der Waals surface area contributed by atoms with Crippen LogP contribution in [-0.2, 0) is 7.05 Å². The monoisotopic (exact) mass is 1700 g/mol. The van der Waals surface area contributed by atoms with Crippen LogP contribution in [0, 0.1) is 41.5 Å². The van der Waals surface area contributed by atoms with E-state index in [0.717, 1.165) is 33.7 Å². The van der Waals surface area contributed by atoms with Crippen molar-refractivity contribution >= 4 is 100 Å². The Bertz CT molecular complexity index is 6520. The van der Waals surface area contributed by atoms with Crippen molar-refractivity contribution < 1.29 is 13.5 Å². The van der Waals surface area contributed by atoms with Crippen molar-refractivity contribution in [2.75, 3.05) is 53.3 Å². The van der Waals surface area contributed by atoms with E-state index in [9.17, 15) is 0 Å². The summed E-state index contributed by atoms with van der Waals surface area (Å²) >= 11 is 0. The average molecular weight is 1700 g/mol. The molecule has 14 nitrogen and oxygen atoms in total. The number of para-hydroxylation sites is 10. The second kappa shape index (κ2) is 38.7. The van der Waals surface area contributed by atoms with Gasteiger partial charge in [-0.25, -0.2) is 0 Å². The lowest BCUT2D eigenvalue weighted by Crippen LogP contribution is -2.37. The number of anilines is 8. The predicted molar refractivity (Wildman–Crippen MR) is 544 cm³/mol. The Labute approximate surface area is 760 Å². The molecule has 12 aromatic carbocycles. The number of rotatable bonds is 13. The molecule has 3 aromatic heterocycles. The summed E-state index contributed by atoms with van der Waals surface area (Å²) in [6.07, 6.45) is 25.2. The average Bonchev–Trinajstić information content (AvgIpc) is 1.59. The summed E-state index contributed by atoms with van der Waals surface area (Å²) in [5.74, 6) is 1.92. The standard InChI is InChI=1S/C29H32N2O.C23H30N2.C18H18N2O.C17H18N2.C15H15N2.C12H16N2/c1-18(2)22-11-9-12-23(19(3)4)28(22)31-17-16-30(21(31)6)27-20(5)14-15-25-24-10-7-8-13-26(24)32-29(25)27;1-16(2)20-11-9-12-21(17(3)4)23(20)25-15-14-24(19(25)6)22-13-8-7-10-18(22)5;1-12-8-9-15-14-6-4-5-7-16(14)21-18(15)17(12)20-11-10-19(3)13(20)2;1-14-8-6-7-11-17(14)19-13-12-18(15(19)2)16-9-4-3-5-10-16;1-12-7-3-5-9-14(12)17-15-10-6-4-8-13(15)11-16(17)2;1-10-6-4-5-7-12(10)14-9-8-13(3)11(14)2/h7-19,21H,1-6H3;7-17,19H,1-6H3;4-11,13H,1-3H3;3-13,15H,1-2H3;3-11H,1-2H3;4-9,11H,1-3H3/q;;;;+1;/t21-;19-;13-;15-;;11-/m1100.0/s1. The van der Waals surface area contributed by atoms with E-state index in [1.54, 1.807) is 0 Å². The molecule has 15 aromatic rings. The third-order valence-electron chi connectivity index (χ3n) is 26.0. The van der Waals surface area contributed by atoms with Crippen LogP contribution in [0.5, 0.6) is 0 Å². The highest BCUT2D eigenvalue weighted by Gasteiger charge is 2.35. The van der Waals surface area contributed by atoms with Gasteiger partial charge in [0.15, 0.2) is 18.2 Å². The van der Waals surface area contributed by atoms with Crippen LogP contribution in [0.4, 0.5) is 45.5 Å². The van der Waals surface area contributed by atoms with Gasteiger partial charge in [-0.05, 0) is 216 Å². The van der Waals surface area contributed by atoms with E-state index in [0.29, 0.717) is 42.2 Å². The smallest absolute Gasteiger partial charge is 0.203 e. The van der Waals surface area contributed by atoms with Crippen molar-refractivity contribution in [2.24, 2.45) is 7.05 Å². The second-order valence-corrected chi connectivity index (χ2v) is 35.9. The minimum Gasteiger partial charge on any atom is -0.454 e. The Morgan fingerprint density at radius 2 is 0.578 bits per heavy atom. The summed E-state index contributed by atoms with van der Waals surface area (Å²) < 4.78 is 16.9. The molecule has 0 N–H and O–H groups in total. The fraction of sp³-hybridized carbons (Fsp3) is 0.272. The van der Waals surface area contributed by atoms with Gasteiger partial charge >= 0.3 is 0 Å². The molecule has 5 atom stereocenters. The van der Waals surface area contributed by atoms with Crippen LogP contribution in [0.15, 0.2) is 338 Å². The van der Waals surface area contributed by atoms with Crippen molar-refractivity contribution in [1.82, 2.24) is 14.5 Å². The van der Waals surface area contributed by atoms with Crippen molar-refractivity contribution in [2.45, 2.75) is 186 Å². The van der Waals surface area contributed by atoms with Crippen LogP contribution in [0.3, 0.4) is 0 Å². The predicted octanol–water partition coefficient (Wildman–Crippen LogP) is 28.6. The number of hydrogen-bond acceptors (Lipinski definition) is 12. The van der Waals surface area contributed by atoms with Crippen LogP contribution in [0.1, 0.15) is 169 Å². The lowest BCUT2D eigenvalue weighted by molar-refractivity contribution is -0.741. The molecule has 8 heterocycles. The van der Waals surface area contributed by atoms with Crippen LogP contribution in [-0.4, -0.2) is 59.4 Å². The fourth-order valence-electron chi connectivity index (χ4n) is 18.5. The molecular formula is C114H129N12O2+. The van der Waals surface area contributed by atoms with Gasteiger partial charge in [0.05, 0.1) is 16.8 Å². The molecule has 0 saturated carbocycles. The molecular weight excluding hydrogens is 1570 g/mol. The van der Waals surface area contributed by atoms with Gasteiger partial charge in [-0.3, -0.25) is 0 Å². The zero-order chi connectivity index (χ0) is 90.5. The van der Waals surface area contributed by atoms with Crippen LogP contribution >= 0.6 is 0 Å². The normalized spacial score (nSPS) is 16.9. The number of nitrogens with zero attached hydrogens (tertiary/aromatic N) is 12. The number of aryl methyl sites for hydroxylation is 7. The molecule has 0 aliphatic carbocycles. The molecule has 656 valence electrons. The Kier molecular flexibility index (Phi) is 27.0. The molecule has 5 aliphatic heterocycles. The SMILES string of the molecule is Cc1ccc2c(oc3ccccc32)c1N1C=CN(C)[C@@H]1C.Cc1ccc2c(oc3ccccc32)c1N1C=CN(c2c(C(C)C)cccc2C(C)C)[C@@H]1C.Cc1ccccc1-n1c2ccccc2c[n+]1C.Cc1ccccc1N1C=CN(C)[C@@H]1C.Cc1ccccc1N1C=CN(c2c(C(C)C)cccc2C(C)C)[C@@H]1C.Cc1ccccc1N1C=CN(c2ccccc2)[C@@H]1C. The zero-order valence-corrected chi connectivity index (χ0v) is 79.1. The highest BCUT2D eigenvalue weighted by molar-refractivity contribution is 6.11. The number of hydrogen-bond donors (Lipinski definition) is 0. The van der Waals surface area contributed by atoms with Crippen molar-refractivity contribution in [3.8, 4) is 5.69 Å². The van der Waals surface area contributed by atoms with Gasteiger partial charge < -0.3 is 57.8 Å². The fourth-order valence-corrected chi connectivity index (χ4v) is 18.5. The van der Waals surface area contributed by atoms with Gasteiger partial charge in [0.1, 0.15) is 53.2 Å². The maximum atomic E-state index is 6.40. The third kappa shape index (κ3) is 18.0. The maximum Gasteiger partial charge on any atom is 0.203 e. The molecule has 20 rings (SSSR count). The maximum absolute atomic E-state index is 6.40. The second-order valence-electron chi connectivity index (χ2n) is 35.9. The lowest BCUT2D eigenvalue weighted by Gasteiger charge is -2.34. The van der Waals surface area contributed by atoms with E-state index in [1.807, 2.05) is 24.3 Å². The van der Waals surface area contributed by atoms with E-state index < -0.39 is 0 Å². The lowest BCUT2D eigenvalue weighted by atomic mass is 9.92. The van der Waals surface area contributed by atoms with Gasteiger partial charge in [-0.1, -0.05) is 256 Å². The summed E-state index contributed by atoms with van der Waals surface area (Å²) in [4.78, 5) is 23.2. The van der Waals surface area contributed by atoms with E-state index in [2.05, 4.69) is 516 Å². The molecule has 0 saturated heterocycles. The molecule has 0 radical (unpaired) electrons. The molecule has 14 heteroatoms. The van der Waals surface area contributed by atoms with E-state index >= 15 is 0 Å². The third-order valence-corrected chi connectivity index (χ3v) is 26.0. The first kappa shape index (κ1) is 89.2.